The maximum Gasteiger partial charge on any atom is 0.118 e. The predicted octanol–water partition coefficient (Wildman–Crippen LogP) is 4.94. The molecule has 0 aliphatic heterocycles. The largest absolute Gasteiger partial charge is 0.512 e. The average Bonchev–Trinajstić information content (AvgIpc) is 2.81. The second-order valence-corrected chi connectivity index (χ2v) is 5.91. The summed E-state index contributed by atoms with van der Waals surface area (Å²) in [4.78, 5) is 0. The number of hydrogen-bond donors (Lipinski definition) is 1. The van der Waals surface area contributed by atoms with Crippen LogP contribution in [0.25, 0.3) is 0 Å². The zero-order valence-electron chi connectivity index (χ0n) is 14.0. The van der Waals surface area contributed by atoms with Crippen molar-refractivity contribution in [1.82, 2.24) is 0 Å². The van der Waals surface area contributed by atoms with Gasteiger partial charge in [0.1, 0.15) is 5.75 Å². The van der Waals surface area contributed by atoms with Crippen molar-refractivity contribution in [3.05, 3.63) is 89.4 Å². The third-order valence-corrected chi connectivity index (χ3v) is 4.43. The average molecular weight is 322 g/mol. The van der Waals surface area contributed by atoms with E-state index in [0.29, 0.717) is 12.2 Å². The van der Waals surface area contributed by atoms with Gasteiger partial charge < -0.3 is 14.6 Å². The smallest absolute Gasteiger partial charge is 0.118 e. The van der Waals surface area contributed by atoms with E-state index in [9.17, 15) is 5.11 Å². The van der Waals surface area contributed by atoms with Gasteiger partial charge in [-0.1, -0.05) is 42.5 Å². The first-order chi connectivity index (χ1) is 11.7. The minimum absolute atomic E-state index is 0.0484. The fraction of sp³-hybridized carbons (Fsp3) is 0.238. The van der Waals surface area contributed by atoms with E-state index in [0.717, 1.165) is 17.1 Å². The molecule has 0 fully saturated rings. The number of rotatable bonds is 4. The van der Waals surface area contributed by atoms with Crippen molar-refractivity contribution < 1.29 is 14.6 Å². The molecule has 3 nitrogen and oxygen atoms in total. The standard InChI is InChI=1S/C21H22O3/c1-23-18-10-8-16(9-11-18)21-14-19(24-2)12-17(22)13-20(21)15-6-4-3-5-7-15/h3-11,13-14,20-22H,12H2,1-2H3/t20-,21+/m1/s1. The molecule has 1 N–H and O–H groups in total. The van der Waals surface area contributed by atoms with Crippen LogP contribution in [0.5, 0.6) is 5.75 Å². The van der Waals surface area contributed by atoms with Crippen molar-refractivity contribution in [2.24, 2.45) is 0 Å². The Bertz CT molecular complexity index is 729. The summed E-state index contributed by atoms with van der Waals surface area (Å²) in [7, 11) is 3.31. The van der Waals surface area contributed by atoms with Crippen LogP contribution >= 0.6 is 0 Å². The van der Waals surface area contributed by atoms with Gasteiger partial charge in [0.15, 0.2) is 0 Å². The van der Waals surface area contributed by atoms with E-state index in [1.807, 2.05) is 36.4 Å². The van der Waals surface area contributed by atoms with E-state index in [4.69, 9.17) is 9.47 Å². The molecule has 0 unspecified atom stereocenters. The molecule has 0 saturated heterocycles. The van der Waals surface area contributed by atoms with Gasteiger partial charge in [0.25, 0.3) is 0 Å². The monoisotopic (exact) mass is 322 g/mol. The Morgan fingerprint density at radius 1 is 0.792 bits per heavy atom. The zero-order valence-corrected chi connectivity index (χ0v) is 14.0. The molecule has 2 aromatic carbocycles. The lowest BCUT2D eigenvalue weighted by Gasteiger charge is -2.23. The Hall–Kier alpha value is -2.68. The number of benzene rings is 2. The first-order valence-electron chi connectivity index (χ1n) is 8.04. The highest BCUT2D eigenvalue weighted by Crippen LogP contribution is 2.40. The lowest BCUT2D eigenvalue weighted by atomic mass is 9.81. The molecule has 2 aromatic rings. The molecule has 3 heteroatoms. The van der Waals surface area contributed by atoms with Crippen LogP contribution in [-0.2, 0) is 4.74 Å². The van der Waals surface area contributed by atoms with Crippen LogP contribution in [0.3, 0.4) is 0 Å². The second kappa shape index (κ2) is 7.26. The number of hydrogen-bond acceptors (Lipinski definition) is 3. The molecular formula is C21H22O3. The van der Waals surface area contributed by atoms with E-state index in [1.165, 1.54) is 5.56 Å². The maximum atomic E-state index is 10.3. The van der Waals surface area contributed by atoms with Crippen LogP contribution in [0.4, 0.5) is 0 Å². The van der Waals surface area contributed by atoms with E-state index >= 15 is 0 Å². The molecule has 0 heterocycles. The van der Waals surface area contributed by atoms with E-state index < -0.39 is 0 Å². The first-order valence-corrected chi connectivity index (χ1v) is 8.04. The Balaban J connectivity index is 2.07. The number of aliphatic hydroxyl groups is 1. The molecule has 0 bridgehead atoms. The van der Waals surface area contributed by atoms with Gasteiger partial charge in [-0.2, -0.15) is 0 Å². The highest BCUT2D eigenvalue weighted by Gasteiger charge is 2.26. The molecule has 0 saturated carbocycles. The lowest BCUT2D eigenvalue weighted by Crippen LogP contribution is -2.08. The summed E-state index contributed by atoms with van der Waals surface area (Å²) in [6.45, 7) is 0. The van der Waals surface area contributed by atoms with Crippen molar-refractivity contribution in [3.63, 3.8) is 0 Å². The van der Waals surface area contributed by atoms with Crippen LogP contribution in [-0.4, -0.2) is 19.3 Å². The Morgan fingerprint density at radius 3 is 2.04 bits per heavy atom. The van der Waals surface area contributed by atoms with Crippen molar-refractivity contribution >= 4 is 0 Å². The Labute approximate surface area is 142 Å². The highest BCUT2D eigenvalue weighted by atomic mass is 16.5. The summed E-state index contributed by atoms with van der Waals surface area (Å²) in [5.74, 6) is 2.08. The minimum Gasteiger partial charge on any atom is -0.512 e. The number of aliphatic hydroxyl groups excluding tert-OH is 1. The van der Waals surface area contributed by atoms with Gasteiger partial charge >= 0.3 is 0 Å². The molecule has 3 rings (SSSR count). The van der Waals surface area contributed by atoms with E-state index in [-0.39, 0.29) is 11.8 Å². The van der Waals surface area contributed by atoms with Crippen molar-refractivity contribution in [3.8, 4) is 5.75 Å². The highest BCUT2D eigenvalue weighted by molar-refractivity contribution is 5.40. The van der Waals surface area contributed by atoms with Crippen LogP contribution in [0, 0.1) is 0 Å². The summed E-state index contributed by atoms with van der Waals surface area (Å²) >= 11 is 0. The van der Waals surface area contributed by atoms with Crippen molar-refractivity contribution in [2.75, 3.05) is 14.2 Å². The fourth-order valence-electron chi connectivity index (χ4n) is 3.16. The normalized spacial score (nSPS) is 20.6. The first kappa shape index (κ1) is 16.2. The summed E-state index contributed by atoms with van der Waals surface area (Å²) in [6, 6.07) is 18.3. The van der Waals surface area contributed by atoms with Gasteiger partial charge in [-0.05, 0) is 35.4 Å². The Kier molecular flexibility index (Phi) is 4.90. The van der Waals surface area contributed by atoms with Gasteiger partial charge in [0.2, 0.25) is 0 Å². The number of ether oxygens (including phenoxy) is 2. The Morgan fingerprint density at radius 2 is 1.42 bits per heavy atom. The summed E-state index contributed by atoms with van der Waals surface area (Å²) in [6.07, 6.45) is 4.47. The zero-order chi connectivity index (χ0) is 16.9. The van der Waals surface area contributed by atoms with Gasteiger partial charge in [0, 0.05) is 11.8 Å². The summed E-state index contributed by atoms with van der Waals surface area (Å²) < 4.78 is 10.7. The lowest BCUT2D eigenvalue weighted by molar-refractivity contribution is 0.265. The molecule has 0 spiro atoms. The number of allylic oxidation sites excluding steroid dienone is 2. The van der Waals surface area contributed by atoms with Crippen molar-refractivity contribution in [2.45, 2.75) is 18.3 Å². The second-order valence-electron chi connectivity index (χ2n) is 5.91. The molecule has 124 valence electrons. The van der Waals surface area contributed by atoms with E-state index in [2.05, 4.69) is 30.3 Å². The maximum absolute atomic E-state index is 10.3. The van der Waals surface area contributed by atoms with Crippen LogP contribution in [0.2, 0.25) is 0 Å². The predicted molar refractivity (Wildman–Crippen MR) is 95.3 cm³/mol. The van der Waals surface area contributed by atoms with Crippen LogP contribution in [0.15, 0.2) is 78.3 Å². The SMILES string of the molecule is COC1=C[C@@H](c2ccc(OC)cc2)[C@@H](c2ccccc2)C=C(O)C1. The minimum atomic E-state index is 0.0484. The molecule has 0 amide bonds. The fourth-order valence-corrected chi connectivity index (χ4v) is 3.16. The molecule has 1 aliphatic carbocycles. The van der Waals surface area contributed by atoms with Crippen LogP contribution in [0.1, 0.15) is 29.4 Å². The van der Waals surface area contributed by atoms with Gasteiger partial charge in [0.05, 0.1) is 32.2 Å². The number of methoxy groups -OCH3 is 2. The summed E-state index contributed by atoms with van der Waals surface area (Å²) in [5, 5.41) is 10.3. The third-order valence-electron chi connectivity index (χ3n) is 4.43. The molecular weight excluding hydrogens is 300 g/mol. The van der Waals surface area contributed by atoms with Crippen LogP contribution < -0.4 is 4.74 Å². The van der Waals surface area contributed by atoms with Crippen molar-refractivity contribution in [1.29, 1.82) is 0 Å². The molecule has 0 aromatic heterocycles. The third kappa shape index (κ3) is 3.46. The quantitative estimate of drug-likeness (QED) is 0.866. The van der Waals surface area contributed by atoms with Gasteiger partial charge in [-0.15, -0.1) is 0 Å². The molecule has 2 atom stereocenters. The van der Waals surface area contributed by atoms with Gasteiger partial charge in [-0.3, -0.25) is 0 Å². The molecule has 24 heavy (non-hydrogen) atoms. The topological polar surface area (TPSA) is 38.7 Å². The molecule has 1 aliphatic rings. The summed E-state index contributed by atoms with van der Waals surface area (Å²) in [5.41, 5.74) is 2.32. The van der Waals surface area contributed by atoms with Gasteiger partial charge in [-0.25, -0.2) is 0 Å². The molecule has 0 radical (unpaired) electrons. The van der Waals surface area contributed by atoms with E-state index in [1.54, 1.807) is 14.2 Å².